The summed E-state index contributed by atoms with van der Waals surface area (Å²) < 4.78 is 0. The number of hydrogen-bond acceptors (Lipinski definition) is 1. The second-order valence-corrected chi connectivity index (χ2v) is 6.35. The van der Waals surface area contributed by atoms with Gasteiger partial charge < -0.3 is 5.11 Å². The molecule has 0 aromatic heterocycles. The topological polar surface area (TPSA) is 37.3 Å². The van der Waals surface area contributed by atoms with Gasteiger partial charge in [-0.05, 0) is 48.4 Å². The number of carboxylic acids is 1. The summed E-state index contributed by atoms with van der Waals surface area (Å²) in [6.45, 7) is 8.29. The lowest BCUT2D eigenvalue weighted by Crippen LogP contribution is -2.16. The van der Waals surface area contributed by atoms with Gasteiger partial charge in [-0.1, -0.05) is 61.9 Å². The van der Waals surface area contributed by atoms with Gasteiger partial charge in [0, 0.05) is 0 Å². The molecule has 2 aromatic carbocycles. The molecule has 0 amide bonds. The molecule has 0 spiro atoms. The van der Waals surface area contributed by atoms with Crippen molar-refractivity contribution in [2.24, 2.45) is 0 Å². The quantitative estimate of drug-likeness (QED) is 0.857. The Balaban J connectivity index is 2.29. The Bertz CT molecular complexity index is 654. The first-order valence-electron chi connectivity index (χ1n) is 7.77. The van der Waals surface area contributed by atoms with E-state index in [4.69, 9.17) is 0 Å². The fraction of sp³-hybridized carbons (Fsp3) is 0.350. The van der Waals surface area contributed by atoms with Gasteiger partial charge >= 0.3 is 5.97 Å². The minimum absolute atomic E-state index is 0.489. The second kappa shape index (κ2) is 6.78. The van der Waals surface area contributed by atoms with Crippen molar-refractivity contribution in [1.29, 1.82) is 0 Å². The Hall–Kier alpha value is -2.09. The molecule has 0 radical (unpaired) electrons. The molecule has 2 aromatic rings. The van der Waals surface area contributed by atoms with Gasteiger partial charge in [0.15, 0.2) is 0 Å². The van der Waals surface area contributed by atoms with E-state index in [0.717, 1.165) is 22.3 Å². The van der Waals surface area contributed by atoms with Crippen molar-refractivity contribution in [2.75, 3.05) is 0 Å². The van der Waals surface area contributed by atoms with Crippen LogP contribution in [-0.2, 0) is 11.2 Å². The minimum atomic E-state index is -0.762. The zero-order valence-corrected chi connectivity index (χ0v) is 13.8. The third-order valence-electron chi connectivity index (χ3n) is 4.19. The molecule has 22 heavy (non-hydrogen) atoms. The normalized spacial score (nSPS) is 12.4. The number of rotatable bonds is 5. The summed E-state index contributed by atoms with van der Waals surface area (Å²) in [4.78, 5) is 11.7. The van der Waals surface area contributed by atoms with Crippen molar-refractivity contribution in [1.82, 2.24) is 0 Å². The SMILES string of the molecule is Cc1ccc(C)c(C(Cc2ccc(C(C)C)cc2)C(=O)O)c1. The molecule has 0 heterocycles. The fourth-order valence-electron chi connectivity index (χ4n) is 2.74. The van der Waals surface area contributed by atoms with Crippen LogP contribution in [0, 0.1) is 13.8 Å². The van der Waals surface area contributed by atoms with Crippen molar-refractivity contribution < 1.29 is 9.90 Å². The molecule has 0 aliphatic rings. The molecule has 0 aliphatic heterocycles. The van der Waals surface area contributed by atoms with Crippen LogP contribution in [0.3, 0.4) is 0 Å². The maximum atomic E-state index is 11.7. The minimum Gasteiger partial charge on any atom is -0.481 e. The number of carbonyl (C=O) groups is 1. The molecule has 0 saturated carbocycles. The maximum absolute atomic E-state index is 11.7. The molecule has 0 bridgehead atoms. The first kappa shape index (κ1) is 16.3. The van der Waals surface area contributed by atoms with E-state index >= 15 is 0 Å². The molecule has 1 unspecified atom stereocenters. The molecule has 1 N–H and O–H groups in total. The summed E-state index contributed by atoms with van der Waals surface area (Å²) in [5, 5.41) is 9.65. The van der Waals surface area contributed by atoms with Crippen LogP contribution in [0.4, 0.5) is 0 Å². The van der Waals surface area contributed by atoms with E-state index in [1.54, 1.807) is 0 Å². The van der Waals surface area contributed by atoms with Crippen LogP contribution in [0.5, 0.6) is 0 Å². The van der Waals surface area contributed by atoms with E-state index in [-0.39, 0.29) is 0 Å². The Kier molecular flexibility index (Phi) is 5.02. The lowest BCUT2D eigenvalue weighted by molar-refractivity contribution is -0.138. The van der Waals surface area contributed by atoms with E-state index in [1.165, 1.54) is 5.56 Å². The summed E-state index contributed by atoms with van der Waals surface area (Å²) in [6.07, 6.45) is 0.526. The third-order valence-corrected chi connectivity index (χ3v) is 4.19. The highest BCUT2D eigenvalue weighted by Gasteiger charge is 2.22. The van der Waals surface area contributed by atoms with Crippen LogP contribution in [0.15, 0.2) is 42.5 Å². The molecular weight excluding hydrogens is 272 g/mol. The van der Waals surface area contributed by atoms with Gasteiger partial charge in [0.2, 0.25) is 0 Å². The average molecular weight is 296 g/mol. The van der Waals surface area contributed by atoms with E-state index in [2.05, 4.69) is 38.1 Å². The van der Waals surface area contributed by atoms with Crippen molar-refractivity contribution in [2.45, 2.75) is 46.0 Å². The average Bonchev–Trinajstić information content (AvgIpc) is 2.47. The van der Waals surface area contributed by atoms with Crippen molar-refractivity contribution in [3.8, 4) is 0 Å². The lowest BCUT2D eigenvalue weighted by atomic mass is 9.88. The van der Waals surface area contributed by atoms with Crippen LogP contribution in [0.2, 0.25) is 0 Å². The predicted molar refractivity (Wildman–Crippen MR) is 90.5 cm³/mol. The molecule has 0 fully saturated rings. The number of carboxylic acid groups (broad SMARTS) is 1. The van der Waals surface area contributed by atoms with Crippen molar-refractivity contribution in [3.05, 3.63) is 70.3 Å². The fourth-order valence-corrected chi connectivity index (χ4v) is 2.74. The largest absolute Gasteiger partial charge is 0.481 e. The smallest absolute Gasteiger partial charge is 0.311 e. The predicted octanol–water partition coefficient (Wildman–Crippen LogP) is 4.84. The highest BCUT2D eigenvalue weighted by atomic mass is 16.4. The van der Waals surface area contributed by atoms with E-state index in [1.807, 2.05) is 32.0 Å². The number of benzene rings is 2. The van der Waals surface area contributed by atoms with Crippen LogP contribution in [0.1, 0.15) is 53.5 Å². The maximum Gasteiger partial charge on any atom is 0.311 e. The first-order chi connectivity index (χ1) is 10.4. The summed E-state index contributed by atoms with van der Waals surface area (Å²) >= 11 is 0. The summed E-state index contributed by atoms with van der Waals surface area (Å²) in [5.41, 5.74) is 5.40. The Morgan fingerprint density at radius 1 is 1.05 bits per heavy atom. The molecular formula is C20H24O2. The Labute approximate surface area is 132 Å². The van der Waals surface area contributed by atoms with E-state index < -0.39 is 11.9 Å². The highest BCUT2D eigenvalue weighted by Crippen LogP contribution is 2.26. The van der Waals surface area contributed by atoms with Gasteiger partial charge in [-0.25, -0.2) is 0 Å². The zero-order chi connectivity index (χ0) is 16.3. The summed E-state index contributed by atoms with van der Waals surface area (Å²) in [5.74, 6) is -0.769. The van der Waals surface area contributed by atoms with Gasteiger partial charge in [0.25, 0.3) is 0 Å². The van der Waals surface area contributed by atoms with Crippen LogP contribution >= 0.6 is 0 Å². The van der Waals surface area contributed by atoms with E-state index in [0.29, 0.717) is 12.3 Å². The number of aliphatic carboxylic acids is 1. The van der Waals surface area contributed by atoms with E-state index in [9.17, 15) is 9.90 Å². The third kappa shape index (κ3) is 3.76. The van der Waals surface area contributed by atoms with Gasteiger partial charge in [-0.2, -0.15) is 0 Å². The summed E-state index contributed by atoms with van der Waals surface area (Å²) in [6, 6.07) is 14.3. The second-order valence-electron chi connectivity index (χ2n) is 6.35. The monoisotopic (exact) mass is 296 g/mol. The van der Waals surface area contributed by atoms with Gasteiger partial charge in [0.1, 0.15) is 0 Å². The number of aryl methyl sites for hydroxylation is 2. The molecule has 1 atom stereocenters. The molecule has 0 aliphatic carbocycles. The molecule has 2 nitrogen and oxygen atoms in total. The number of hydrogen-bond donors (Lipinski definition) is 1. The molecule has 116 valence electrons. The molecule has 0 saturated heterocycles. The van der Waals surface area contributed by atoms with Crippen LogP contribution < -0.4 is 0 Å². The Morgan fingerprint density at radius 2 is 1.68 bits per heavy atom. The van der Waals surface area contributed by atoms with Crippen molar-refractivity contribution >= 4 is 5.97 Å². The molecule has 2 rings (SSSR count). The zero-order valence-electron chi connectivity index (χ0n) is 13.8. The first-order valence-corrected chi connectivity index (χ1v) is 7.77. The molecule has 2 heteroatoms. The standard InChI is InChI=1S/C20H24O2/c1-13(2)17-9-7-16(8-10-17)12-19(20(21)22)18-11-14(3)5-6-15(18)4/h5-11,13,19H,12H2,1-4H3,(H,21,22). The van der Waals surface area contributed by atoms with Crippen molar-refractivity contribution in [3.63, 3.8) is 0 Å². The van der Waals surface area contributed by atoms with Crippen LogP contribution in [-0.4, -0.2) is 11.1 Å². The van der Waals surface area contributed by atoms with Gasteiger partial charge in [-0.3, -0.25) is 4.79 Å². The van der Waals surface area contributed by atoms with Gasteiger partial charge in [-0.15, -0.1) is 0 Å². The van der Waals surface area contributed by atoms with Crippen LogP contribution in [0.25, 0.3) is 0 Å². The lowest BCUT2D eigenvalue weighted by Gasteiger charge is -2.17. The highest BCUT2D eigenvalue weighted by molar-refractivity contribution is 5.77. The van der Waals surface area contributed by atoms with Gasteiger partial charge in [0.05, 0.1) is 5.92 Å². The summed E-state index contributed by atoms with van der Waals surface area (Å²) in [7, 11) is 0. The Morgan fingerprint density at radius 3 is 2.23 bits per heavy atom.